The van der Waals surface area contributed by atoms with Gasteiger partial charge in [-0.15, -0.1) is 0 Å². The van der Waals surface area contributed by atoms with E-state index in [1.54, 1.807) is 6.92 Å². The van der Waals surface area contributed by atoms with Crippen LogP contribution < -0.4 is 15.2 Å². The Hall–Kier alpha value is -0.170. The van der Waals surface area contributed by atoms with E-state index in [4.69, 9.17) is 5.73 Å². The lowest BCUT2D eigenvalue weighted by Gasteiger charge is -2.11. The van der Waals surface area contributed by atoms with E-state index in [1.165, 1.54) is 0 Å². The van der Waals surface area contributed by atoms with Crippen molar-refractivity contribution in [3.63, 3.8) is 0 Å². The number of rotatable bonds is 5. The zero-order valence-electron chi connectivity index (χ0n) is 8.49. The molecule has 14 heavy (non-hydrogen) atoms. The summed E-state index contributed by atoms with van der Waals surface area (Å²) in [5.41, 5.74) is 5.73. The summed E-state index contributed by atoms with van der Waals surface area (Å²) < 4.78 is 27.3. The maximum atomic E-state index is 11.2. The molecule has 2 unspecified atom stereocenters. The van der Waals surface area contributed by atoms with E-state index in [0.717, 1.165) is 19.3 Å². The summed E-state index contributed by atoms with van der Waals surface area (Å²) in [6.07, 6.45) is 2.96. The fourth-order valence-electron chi connectivity index (χ4n) is 1.77. The molecule has 1 saturated carbocycles. The van der Waals surface area contributed by atoms with Gasteiger partial charge in [0.25, 0.3) is 10.2 Å². The van der Waals surface area contributed by atoms with Crippen molar-refractivity contribution in [2.75, 3.05) is 13.1 Å². The van der Waals surface area contributed by atoms with Gasteiger partial charge in [-0.2, -0.15) is 8.42 Å². The lowest BCUT2D eigenvalue weighted by Crippen LogP contribution is -2.38. The van der Waals surface area contributed by atoms with Gasteiger partial charge in [0.05, 0.1) is 0 Å². The Bertz CT molecular complexity index is 266. The molecule has 0 aliphatic heterocycles. The quantitative estimate of drug-likeness (QED) is 0.588. The van der Waals surface area contributed by atoms with Gasteiger partial charge in [0.15, 0.2) is 0 Å². The zero-order valence-corrected chi connectivity index (χ0v) is 9.31. The Kier molecular flexibility index (Phi) is 4.31. The maximum Gasteiger partial charge on any atom is 0.276 e. The third kappa shape index (κ3) is 3.91. The molecule has 0 bridgehead atoms. The van der Waals surface area contributed by atoms with Crippen molar-refractivity contribution in [1.82, 2.24) is 9.44 Å². The minimum atomic E-state index is -3.28. The minimum Gasteiger partial charge on any atom is -0.328 e. The first-order valence-electron chi connectivity index (χ1n) is 5.03. The summed E-state index contributed by atoms with van der Waals surface area (Å²) in [6, 6.07) is 0.253. The largest absolute Gasteiger partial charge is 0.328 e. The second-order valence-corrected chi connectivity index (χ2v) is 5.37. The average molecular weight is 221 g/mol. The van der Waals surface area contributed by atoms with Crippen LogP contribution in [0.3, 0.4) is 0 Å². The van der Waals surface area contributed by atoms with E-state index in [1.807, 2.05) is 0 Å². The first-order chi connectivity index (χ1) is 6.53. The molecule has 0 aromatic rings. The van der Waals surface area contributed by atoms with Crippen molar-refractivity contribution in [2.45, 2.75) is 32.2 Å². The van der Waals surface area contributed by atoms with Gasteiger partial charge >= 0.3 is 0 Å². The van der Waals surface area contributed by atoms with Crippen LogP contribution in [0.2, 0.25) is 0 Å². The maximum absolute atomic E-state index is 11.2. The van der Waals surface area contributed by atoms with Gasteiger partial charge in [-0.3, -0.25) is 0 Å². The zero-order chi connectivity index (χ0) is 10.6. The van der Waals surface area contributed by atoms with Gasteiger partial charge in [0.1, 0.15) is 0 Å². The Morgan fingerprint density at radius 1 is 1.36 bits per heavy atom. The third-order valence-corrected chi connectivity index (χ3v) is 3.69. The molecule has 5 nitrogen and oxygen atoms in total. The molecule has 0 saturated heterocycles. The Morgan fingerprint density at radius 2 is 2.07 bits per heavy atom. The van der Waals surface area contributed by atoms with Crippen LogP contribution in [0.25, 0.3) is 0 Å². The number of nitrogens with one attached hydrogen (secondary N) is 2. The molecule has 1 rings (SSSR count). The van der Waals surface area contributed by atoms with Crippen molar-refractivity contribution >= 4 is 10.2 Å². The SMILES string of the molecule is CCNS(=O)(=O)NCC1CCC(N)C1. The van der Waals surface area contributed by atoms with Crippen LogP contribution >= 0.6 is 0 Å². The van der Waals surface area contributed by atoms with Gasteiger partial charge in [0.2, 0.25) is 0 Å². The van der Waals surface area contributed by atoms with Crippen LogP contribution in [0.1, 0.15) is 26.2 Å². The van der Waals surface area contributed by atoms with Crippen molar-refractivity contribution in [1.29, 1.82) is 0 Å². The molecular formula is C8H19N3O2S. The normalized spacial score (nSPS) is 28.1. The molecule has 6 heteroatoms. The van der Waals surface area contributed by atoms with Gasteiger partial charge in [-0.25, -0.2) is 9.44 Å². The fraction of sp³-hybridized carbons (Fsp3) is 1.00. The molecule has 0 spiro atoms. The van der Waals surface area contributed by atoms with Crippen molar-refractivity contribution in [3.8, 4) is 0 Å². The molecule has 0 aromatic carbocycles. The summed E-state index contributed by atoms with van der Waals surface area (Å²) in [4.78, 5) is 0. The highest BCUT2D eigenvalue weighted by Gasteiger charge is 2.22. The van der Waals surface area contributed by atoms with E-state index in [2.05, 4.69) is 9.44 Å². The van der Waals surface area contributed by atoms with Crippen LogP contribution in [0.5, 0.6) is 0 Å². The lowest BCUT2D eigenvalue weighted by molar-refractivity contribution is 0.508. The molecule has 4 N–H and O–H groups in total. The Labute approximate surface area is 85.6 Å². The Morgan fingerprint density at radius 3 is 2.57 bits per heavy atom. The molecular weight excluding hydrogens is 202 g/mol. The van der Waals surface area contributed by atoms with Gasteiger partial charge < -0.3 is 5.73 Å². The van der Waals surface area contributed by atoms with E-state index < -0.39 is 10.2 Å². The topological polar surface area (TPSA) is 84.2 Å². The number of nitrogens with two attached hydrogens (primary N) is 1. The van der Waals surface area contributed by atoms with Crippen molar-refractivity contribution in [3.05, 3.63) is 0 Å². The second kappa shape index (κ2) is 5.06. The molecule has 0 heterocycles. The molecule has 0 radical (unpaired) electrons. The summed E-state index contributed by atoms with van der Waals surface area (Å²) in [6.45, 7) is 2.67. The molecule has 1 fully saturated rings. The predicted molar refractivity (Wildman–Crippen MR) is 55.9 cm³/mol. The summed E-state index contributed by atoms with van der Waals surface area (Å²) in [5.74, 6) is 0.401. The Balaban J connectivity index is 2.26. The summed E-state index contributed by atoms with van der Waals surface area (Å²) in [7, 11) is -3.28. The van der Waals surface area contributed by atoms with Gasteiger partial charge in [0, 0.05) is 19.1 Å². The van der Waals surface area contributed by atoms with Crippen molar-refractivity contribution < 1.29 is 8.42 Å². The number of hydrogen-bond donors (Lipinski definition) is 3. The van der Waals surface area contributed by atoms with E-state index in [0.29, 0.717) is 19.0 Å². The molecule has 0 amide bonds. The lowest BCUT2D eigenvalue weighted by atomic mass is 10.1. The second-order valence-electron chi connectivity index (χ2n) is 3.79. The summed E-state index contributed by atoms with van der Waals surface area (Å²) >= 11 is 0. The fourth-order valence-corrected chi connectivity index (χ4v) is 2.70. The van der Waals surface area contributed by atoms with Crippen LogP contribution in [0, 0.1) is 5.92 Å². The summed E-state index contributed by atoms with van der Waals surface area (Å²) in [5, 5.41) is 0. The first kappa shape index (κ1) is 11.9. The minimum absolute atomic E-state index is 0.253. The first-order valence-corrected chi connectivity index (χ1v) is 6.51. The molecule has 1 aliphatic carbocycles. The molecule has 2 atom stereocenters. The highest BCUT2D eigenvalue weighted by molar-refractivity contribution is 7.87. The van der Waals surface area contributed by atoms with Gasteiger partial charge in [-0.05, 0) is 25.2 Å². The average Bonchev–Trinajstić information content (AvgIpc) is 2.48. The predicted octanol–water partition coefficient (Wildman–Crippen LogP) is -0.442. The van der Waals surface area contributed by atoms with Crippen LogP contribution in [0.4, 0.5) is 0 Å². The molecule has 84 valence electrons. The standard InChI is InChI=1S/C8H19N3O2S/c1-2-10-14(12,13)11-6-7-3-4-8(9)5-7/h7-8,10-11H,2-6,9H2,1H3. The van der Waals surface area contributed by atoms with E-state index in [9.17, 15) is 8.42 Å². The molecule has 1 aliphatic rings. The highest BCUT2D eigenvalue weighted by atomic mass is 32.2. The third-order valence-electron chi connectivity index (χ3n) is 2.48. The van der Waals surface area contributed by atoms with Crippen LogP contribution in [0.15, 0.2) is 0 Å². The molecule has 0 aromatic heterocycles. The van der Waals surface area contributed by atoms with E-state index >= 15 is 0 Å². The van der Waals surface area contributed by atoms with E-state index in [-0.39, 0.29) is 6.04 Å². The monoisotopic (exact) mass is 221 g/mol. The highest BCUT2D eigenvalue weighted by Crippen LogP contribution is 2.23. The van der Waals surface area contributed by atoms with Crippen molar-refractivity contribution in [2.24, 2.45) is 11.7 Å². The van der Waals surface area contributed by atoms with Crippen LogP contribution in [-0.4, -0.2) is 27.5 Å². The smallest absolute Gasteiger partial charge is 0.276 e. The number of hydrogen-bond acceptors (Lipinski definition) is 3. The van der Waals surface area contributed by atoms with Crippen LogP contribution in [-0.2, 0) is 10.2 Å². The van der Waals surface area contributed by atoms with Gasteiger partial charge in [-0.1, -0.05) is 6.92 Å².